The Kier molecular flexibility index (Phi) is 3.81. The van der Waals surface area contributed by atoms with Crippen LogP contribution in [0.1, 0.15) is 24.1 Å². The molecule has 4 nitrogen and oxygen atoms in total. The highest BCUT2D eigenvalue weighted by atomic mass is 32.2. The van der Waals surface area contributed by atoms with E-state index in [2.05, 4.69) is 4.72 Å². The number of sulfonamides is 1. The Morgan fingerprint density at radius 2 is 2.05 bits per heavy atom. The number of hydrogen-bond acceptors (Lipinski definition) is 4. The predicted octanol–water partition coefficient (Wildman–Crippen LogP) is 2.47. The van der Waals surface area contributed by atoms with Crippen LogP contribution in [0.5, 0.6) is 0 Å². The average molecular weight is 311 g/mol. The molecule has 1 aromatic heterocycles. The first kappa shape index (κ1) is 14.0. The standard InChI is InChI=1S/C14H17NO3S2/c16-9-13-14(11-3-1-2-4-12(11)19-13)20(17,18)15-8-7-10-5-6-10/h1-4,10,15-16H,5-9H2. The van der Waals surface area contributed by atoms with Crippen LogP contribution < -0.4 is 4.72 Å². The lowest BCUT2D eigenvalue weighted by atomic mass is 10.2. The molecule has 1 aliphatic carbocycles. The van der Waals surface area contributed by atoms with Gasteiger partial charge in [0.2, 0.25) is 10.0 Å². The van der Waals surface area contributed by atoms with Gasteiger partial charge >= 0.3 is 0 Å². The van der Waals surface area contributed by atoms with E-state index in [4.69, 9.17) is 0 Å². The Morgan fingerprint density at radius 3 is 2.75 bits per heavy atom. The molecule has 0 unspecified atom stereocenters. The first-order chi connectivity index (χ1) is 9.62. The number of benzene rings is 1. The molecule has 1 aromatic carbocycles. The number of thiophene rings is 1. The Morgan fingerprint density at radius 1 is 1.30 bits per heavy atom. The van der Waals surface area contributed by atoms with E-state index in [-0.39, 0.29) is 11.5 Å². The van der Waals surface area contributed by atoms with Crippen molar-refractivity contribution in [3.05, 3.63) is 29.1 Å². The minimum Gasteiger partial charge on any atom is -0.391 e. The zero-order valence-electron chi connectivity index (χ0n) is 11.0. The Hall–Kier alpha value is -0.950. The van der Waals surface area contributed by atoms with Gasteiger partial charge in [-0.15, -0.1) is 11.3 Å². The van der Waals surface area contributed by atoms with E-state index in [0.717, 1.165) is 11.1 Å². The predicted molar refractivity (Wildman–Crippen MR) is 80.3 cm³/mol. The summed E-state index contributed by atoms with van der Waals surface area (Å²) in [7, 11) is -3.55. The Bertz CT molecular complexity index is 717. The molecule has 20 heavy (non-hydrogen) atoms. The number of aliphatic hydroxyl groups excluding tert-OH is 1. The molecular weight excluding hydrogens is 294 g/mol. The minimum absolute atomic E-state index is 0.247. The molecule has 0 atom stereocenters. The minimum atomic E-state index is -3.55. The quantitative estimate of drug-likeness (QED) is 0.861. The van der Waals surface area contributed by atoms with Crippen molar-refractivity contribution in [2.45, 2.75) is 30.8 Å². The maximum absolute atomic E-state index is 12.5. The molecule has 0 bridgehead atoms. The van der Waals surface area contributed by atoms with Crippen molar-refractivity contribution in [1.29, 1.82) is 0 Å². The van der Waals surface area contributed by atoms with Crippen LogP contribution in [0.25, 0.3) is 10.1 Å². The molecule has 2 N–H and O–H groups in total. The van der Waals surface area contributed by atoms with Crippen LogP contribution in [-0.2, 0) is 16.6 Å². The lowest BCUT2D eigenvalue weighted by Crippen LogP contribution is -2.25. The van der Waals surface area contributed by atoms with Crippen molar-refractivity contribution in [2.75, 3.05) is 6.54 Å². The van der Waals surface area contributed by atoms with Gasteiger partial charge < -0.3 is 5.11 Å². The first-order valence-electron chi connectivity index (χ1n) is 6.73. The van der Waals surface area contributed by atoms with Crippen LogP contribution >= 0.6 is 11.3 Å². The lowest BCUT2D eigenvalue weighted by molar-refractivity contribution is 0.283. The summed E-state index contributed by atoms with van der Waals surface area (Å²) >= 11 is 1.33. The average Bonchev–Trinajstić information content (AvgIpc) is 3.16. The van der Waals surface area contributed by atoms with Crippen molar-refractivity contribution < 1.29 is 13.5 Å². The monoisotopic (exact) mass is 311 g/mol. The second kappa shape index (κ2) is 5.44. The van der Waals surface area contributed by atoms with Crippen molar-refractivity contribution in [3.8, 4) is 0 Å². The Balaban J connectivity index is 1.93. The smallest absolute Gasteiger partial charge is 0.242 e. The third-order valence-electron chi connectivity index (χ3n) is 3.57. The molecule has 2 aromatic rings. The molecule has 0 amide bonds. The van der Waals surface area contributed by atoms with Crippen LogP contribution in [0.3, 0.4) is 0 Å². The molecule has 0 saturated heterocycles. The molecule has 108 valence electrons. The van der Waals surface area contributed by atoms with E-state index in [0.29, 0.717) is 22.7 Å². The number of rotatable bonds is 6. The van der Waals surface area contributed by atoms with Gasteiger partial charge in [-0.1, -0.05) is 31.0 Å². The van der Waals surface area contributed by atoms with Crippen LogP contribution in [0, 0.1) is 5.92 Å². The van der Waals surface area contributed by atoms with Gasteiger partial charge in [0, 0.05) is 16.6 Å². The van der Waals surface area contributed by atoms with E-state index >= 15 is 0 Å². The van der Waals surface area contributed by atoms with Gasteiger partial charge in [-0.2, -0.15) is 0 Å². The molecule has 1 fully saturated rings. The van der Waals surface area contributed by atoms with Crippen LogP contribution in [0.2, 0.25) is 0 Å². The van der Waals surface area contributed by atoms with Crippen molar-refractivity contribution >= 4 is 31.4 Å². The molecule has 1 aliphatic rings. The van der Waals surface area contributed by atoms with Gasteiger partial charge in [0.05, 0.1) is 11.5 Å². The zero-order chi connectivity index (χ0) is 14.2. The topological polar surface area (TPSA) is 66.4 Å². The van der Waals surface area contributed by atoms with E-state index in [1.807, 2.05) is 18.2 Å². The molecule has 1 saturated carbocycles. The highest BCUT2D eigenvalue weighted by Crippen LogP contribution is 2.35. The summed E-state index contributed by atoms with van der Waals surface area (Å²) in [5.74, 6) is 0.689. The molecule has 1 heterocycles. The summed E-state index contributed by atoms with van der Waals surface area (Å²) in [6.45, 7) is 0.222. The molecule has 0 aliphatic heterocycles. The molecular formula is C14H17NO3S2. The first-order valence-corrected chi connectivity index (χ1v) is 9.02. The fraction of sp³-hybridized carbons (Fsp3) is 0.429. The van der Waals surface area contributed by atoms with Gasteiger partial charge in [-0.3, -0.25) is 0 Å². The summed E-state index contributed by atoms with van der Waals surface area (Å²) in [4.78, 5) is 0.751. The highest BCUT2D eigenvalue weighted by molar-refractivity contribution is 7.90. The summed E-state index contributed by atoms with van der Waals surface area (Å²) in [6.07, 6.45) is 3.33. The molecule has 0 radical (unpaired) electrons. The van der Waals surface area contributed by atoms with Gasteiger partial charge in [0.15, 0.2) is 0 Å². The highest BCUT2D eigenvalue weighted by Gasteiger charge is 2.25. The molecule has 6 heteroatoms. The number of aliphatic hydroxyl groups is 1. The second-order valence-electron chi connectivity index (χ2n) is 5.14. The van der Waals surface area contributed by atoms with Crippen LogP contribution in [0.4, 0.5) is 0 Å². The second-order valence-corrected chi connectivity index (χ2v) is 7.98. The largest absolute Gasteiger partial charge is 0.391 e. The summed E-state index contributed by atoms with van der Waals surface area (Å²) < 4.78 is 28.5. The van der Waals surface area contributed by atoms with E-state index in [1.165, 1.54) is 24.2 Å². The third kappa shape index (κ3) is 2.74. The van der Waals surface area contributed by atoms with Gasteiger partial charge in [-0.05, 0) is 18.4 Å². The SMILES string of the molecule is O=S(=O)(NCCC1CC1)c1c(CO)sc2ccccc12. The summed E-state index contributed by atoms with van der Waals surface area (Å²) in [5.41, 5.74) is 0. The van der Waals surface area contributed by atoms with Gasteiger partial charge in [0.25, 0.3) is 0 Å². The van der Waals surface area contributed by atoms with E-state index in [9.17, 15) is 13.5 Å². The van der Waals surface area contributed by atoms with Crippen LogP contribution in [-0.4, -0.2) is 20.1 Å². The number of fused-ring (bicyclic) bond motifs is 1. The maximum atomic E-state index is 12.5. The zero-order valence-corrected chi connectivity index (χ0v) is 12.6. The fourth-order valence-corrected chi connectivity index (χ4v) is 5.19. The van der Waals surface area contributed by atoms with Crippen molar-refractivity contribution in [1.82, 2.24) is 4.72 Å². The fourth-order valence-electron chi connectivity index (χ4n) is 2.35. The van der Waals surface area contributed by atoms with Crippen molar-refractivity contribution in [2.24, 2.45) is 5.92 Å². The van der Waals surface area contributed by atoms with E-state index in [1.54, 1.807) is 6.07 Å². The van der Waals surface area contributed by atoms with Gasteiger partial charge in [0.1, 0.15) is 4.90 Å². The Labute approximate surface area is 122 Å². The van der Waals surface area contributed by atoms with E-state index < -0.39 is 10.0 Å². The molecule has 0 spiro atoms. The maximum Gasteiger partial charge on any atom is 0.242 e. The number of nitrogens with one attached hydrogen (secondary N) is 1. The normalized spacial score (nSPS) is 15.8. The lowest BCUT2D eigenvalue weighted by Gasteiger charge is -2.07. The van der Waals surface area contributed by atoms with Crippen LogP contribution in [0.15, 0.2) is 29.2 Å². The summed E-state index contributed by atoms with van der Waals surface area (Å²) in [6, 6.07) is 7.36. The summed E-state index contributed by atoms with van der Waals surface area (Å²) in [5, 5.41) is 10.1. The number of hydrogen-bond donors (Lipinski definition) is 2. The molecule has 3 rings (SSSR count). The van der Waals surface area contributed by atoms with Crippen molar-refractivity contribution in [3.63, 3.8) is 0 Å². The third-order valence-corrected chi connectivity index (χ3v) is 6.44. The van der Waals surface area contributed by atoms with Gasteiger partial charge in [-0.25, -0.2) is 13.1 Å².